The number of hydrogen-bond donors (Lipinski definition) is 1. The Hall–Kier alpha value is 0.129. The summed E-state index contributed by atoms with van der Waals surface area (Å²) < 4.78 is 0. The summed E-state index contributed by atoms with van der Waals surface area (Å²) in [6, 6.07) is 6.34. The van der Waals surface area contributed by atoms with Gasteiger partial charge in [-0.3, -0.25) is 0 Å². The molecule has 0 fully saturated rings. The number of aromatic nitrogens is 1. The van der Waals surface area contributed by atoms with Crippen LogP contribution in [0.15, 0.2) is 30.5 Å². The van der Waals surface area contributed by atoms with Crippen molar-refractivity contribution in [2.75, 3.05) is 60.0 Å². The van der Waals surface area contributed by atoms with Gasteiger partial charge in [0.2, 0.25) is 0 Å². The van der Waals surface area contributed by atoms with Gasteiger partial charge < -0.3 is 15.8 Å². The van der Waals surface area contributed by atoms with Crippen LogP contribution >= 0.6 is 23.8 Å². The zero-order chi connectivity index (χ0) is 20.9. The molecule has 4 N–H and O–H groups in total. The molecule has 0 bridgehead atoms. The number of H-pyrrole nitrogens is 1. The van der Waals surface area contributed by atoms with Crippen LogP contribution in [-0.2, 0) is 24.9 Å². The first-order valence-electron chi connectivity index (χ1n) is 8.72. The van der Waals surface area contributed by atoms with E-state index in [-0.39, 0.29) is 43.9 Å². The maximum Gasteiger partial charge on any atom is 3.00 e. The van der Waals surface area contributed by atoms with E-state index in [1.54, 1.807) is 6.20 Å². The summed E-state index contributed by atoms with van der Waals surface area (Å²) in [7, 11) is 0.361. The number of benzene rings is 1. The van der Waals surface area contributed by atoms with E-state index in [2.05, 4.69) is 65.0 Å². The molecule has 2 rings (SSSR count). The first-order chi connectivity index (χ1) is 11.9. The Balaban J connectivity index is -0.000000371. The van der Waals surface area contributed by atoms with E-state index >= 15 is 0 Å². The molecule has 0 radical (unpaired) electrons. The van der Waals surface area contributed by atoms with Crippen LogP contribution in [0.3, 0.4) is 0 Å². The van der Waals surface area contributed by atoms with Crippen LogP contribution in [0.5, 0.6) is 0 Å². The average molecular weight is 614 g/mol. The molecule has 156 valence electrons. The van der Waals surface area contributed by atoms with E-state index in [4.69, 9.17) is 10.8 Å². The molecular formula is C19H40IrN2O2P3+6. The molecule has 1 unspecified atom stereocenters. The standard InChI is InChI=1S/C10H9N2O2.3C3H9P.Ir/c11-9(10(13)14)7-5-12-8-4-2-1-3-6(7)8;3*1-4(2)3;/h1-5,9,11-12H,(H,13,14);3*1-3H3;/q-1;;;;+3/p+4. The van der Waals surface area contributed by atoms with Gasteiger partial charge in [0.1, 0.15) is 0 Å². The van der Waals surface area contributed by atoms with Crippen molar-refractivity contribution in [1.29, 1.82) is 0 Å². The van der Waals surface area contributed by atoms with Crippen LogP contribution in [-0.4, -0.2) is 76.0 Å². The predicted molar refractivity (Wildman–Crippen MR) is 132 cm³/mol. The van der Waals surface area contributed by atoms with Gasteiger partial charge in [0.15, 0.2) is 0 Å². The van der Waals surface area contributed by atoms with Gasteiger partial charge in [-0.1, -0.05) is 18.2 Å². The van der Waals surface area contributed by atoms with Gasteiger partial charge in [-0.15, -0.1) is 0 Å². The predicted octanol–water partition coefficient (Wildman–Crippen LogP) is 4.78. The quantitative estimate of drug-likeness (QED) is 0.384. The topological polar surface area (TPSA) is 79.6 Å². The summed E-state index contributed by atoms with van der Waals surface area (Å²) in [5, 5.41) is 7.74. The Kier molecular flexibility index (Phi) is 21.4. The summed E-state index contributed by atoms with van der Waals surface area (Å²) in [6.45, 7) is 20.4. The molecule has 0 aliphatic rings. The second-order valence-electron chi connectivity index (χ2n) is 7.59. The number of rotatable bonds is 2. The third-order valence-corrected chi connectivity index (χ3v) is 2.19. The fourth-order valence-corrected chi connectivity index (χ4v) is 1.47. The van der Waals surface area contributed by atoms with Crippen molar-refractivity contribution in [3.05, 3.63) is 41.8 Å². The number of nitrogens with one attached hydrogen (secondary N) is 2. The molecule has 1 aromatic carbocycles. The van der Waals surface area contributed by atoms with Crippen LogP contribution in [0, 0.1) is 0 Å². The Morgan fingerprint density at radius 2 is 1.30 bits per heavy atom. The Labute approximate surface area is 183 Å². The minimum Gasteiger partial charge on any atom is -0.656 e. The molecule has 0 aliphatic carbocycles. The monoisotopic (exact) mass is 614 g/mol. The summed E-state index contributed by atoms with van der Waals surface area (Å²) in [5.41, 5.74) is 8.97. The van der Waals surface area contributed by atoms with Gasteiger partial charge in [0.05, 0.1) is 6.04 Å². The fourth-order valence-electron chi connectivity index (χ4n) is 1.47. The van der Waals surface area contributed by atoms with Crippen LogP contribution in [0.2, 0.25) is 0 Å². The SMILES string of the molecule is C[PH+](C)C.C[PH+](C)C.C[PH+](C)C.[Ir+3].[NH-]C(C(=O)[OH2+])c1c[nH]c2ccccc12. The molecule has 27 heavy (non-hydrogen) atoms. The number of hydrogen-bond acceptors (Lipinski definition) is 1. The van der Waals surface area contributed by atoms with E-state index in [1.807, 2.05) is 24.3 Å². The van der Waals surface area contributed by atoms with E-state index in [1.165, 1.54) is 0 Å². The van der Waals surface area contributed by atoms with E-state index in [0.29, 0.717) is 5.56 Å². The van der Waals surface area contributed by atoms with Gasteiger partial charge in [-0.25, -0.2) is 0 Å². The molecular weight excluding hydrogens is 573 g/mol. The molecule has 0 aliphatic heterocycles. The van der Waals surface area contributed by atoms with Crippen molar-refractivity contribution < 1.29 is 30.0 Å². The first-order valence-corrected chi connectivity index (χ1v) is 17.7. The molecule has 0 saturated carbocycles. The minimum atomic E-state index is -1.11. The number of aromatic amines is 1. The summed E-state index contributed by atoms with van der Waals surface area (Å²) in [5.74, 6) is -0.880. The number of fused-ring (bicyclic) bond motifs is 1. The van der Waals surface area contributed by atoms with E-state index < -0.39 is 12.0 Å². The largest absolute Gasteiger partial charge is 3.00 e. The van der Waals surface area contributed by atoms with Crippen LogP contribution < -0.4 is 0 Å². The average Bonchev–Trinajstić information content (AvgIpc) is 2.88. The van der Waals surface area contributed by atoms with Crippen molar-refractivity contribution in [3.8, 4) is 0 Å². The van der Waals surface area contributed by atoms with Crippen molar-refractivity contribution in [2.45, 2.75) is 6.04 Å². The second-order valence-corrected chi connectivity index (χ2v) is 16.6. The summed E-state index contributed by atoms with van der Waals surface area (Å²) in [6.07, 6.45) is 1.62. The van der Waals surface area contributed by atoms with Crippen molar-refractivity contribution in [1.82, 2.24) is 4.98 Å². The van der Waals surface area contributed by atoms with Crippen molar-refractivity contribution in [2.24, 2.45) is 0 Å². The molecule has 4 nitrogen and oxygen atoms in total. The summed E-state index contributed by atoms with van der Waals surface area (Å²) in [4.78, 5) is 13.7. The molecule has 0 saturated heterocycles. The Morgan fingerprint density at radius 3 is 1.67 bits per heavy atom. The maximum atomic E-state index is 10.8. The minimum absolute atomic E-state index is 0. The fraction of sp³-hybridized carbons (Fsp3) is 0.526. The molecule has 0 spiro atoms. The molecule has 1 heterocycles. The summed E-state index contributed by atoms with van der Waals surface area (Å²) >= 11 is 0. The van der Waals surface area contributed by atoms with Crippen molar-refractivity contribution >= 4 is 40.6 Å². The van der Waals surface area contributed by atoms with E-state index in [0.717, 1.165) is 10.9 Å². The Bertz CT molecular complexity index is 597. The van der Waals surface area contributed by atoms with Gasteiger partial charge in [-0.2, -0.15) is 0 Å². The van der Waals surface area contributed by atoms with Gasteiger partial charge in [-0.05, 0) is 35.4 Å². The molecule has 1 aromatic heterocycles. The van der Waals surface area contributed by atoms with Crippen molar-refractivity contribution in [3.63, 3.8) is 0 Å². The maximum absolute atomic E-state index is 10.8. The third kappa shape index (κ3) is 19.2. The number of carbonyl (C=O) groups excluding carboxylic acids is 1. The third-order valence-electron chi connectivity index (χ3n) is 2.19. The number of para-hydroxylation sites is 1. The first kappa shape index (κ1) is 31.8. The van der Waals surface area contributed by atoms with Crippen LogP contribution in [0.1, 0.15) is 11.6 Å². The molecule has 0 amide bonds. The zero-order valence-corrected chi connectivity index (χ0v) is 23.6. The zero-order valence-electron chi connectivity index (χ0n) is 18.2. The molecule has 2 aromatic rings. The van der Waals surface area contributed by atoms with Gasteiger partial charge >= 0.3 is 26.1 Å². The van der Waals surface area contributed by atoms with E-state index in [9.17, 15) is 4.79 Å². The number of carbonyl (C=O) groups is 1. The Morgan fingerprint density at radius 1 is 0.926 bits per heavy atom. The van der Waals surface area contributed by atoms with Gasteiger partial charge in [0.25, 0.3) is 0 Å². The van der Waals surface area contributed by atoms with Gasteiger partial charge in [0, 0.05) is 81.9 Å². The second kappa shape index (κ2) is 18.2. The normalized spacial score (nSPS) is 10.7. The van der Waals surface area contributed by atoms with Crippen LogP contribution in [0.4, 0.5) is 0 Å². The molecule has 1 atom stereocenters. The molecule has 8 heteroatoms. The van der Waals surface area contributed by atoms with Crippen LogP contribution in [0.25, 0.3) is 16.6 Å². The smallest absolute Gasteiger partial charge is 0.656 e.